The zero-order chi connectivity index (χ0) is 16.8. The molecule has 0 aliphatic heterocycles. The molecule has 0 fully saturated rings. The molecule has 23 heavy (non-hydrogen) atoms. The first-order valence-electron chi connectivity index (χ1n) is 7.19. The van der Waals surface area contributed by atoms with Crippen molar-refractivity contribution in [3.05, 3.63) is 37.9 Å². The van der Waals surface area contributed by atoms with Crippen molar-refractivity contribution >= 4 is 39.9 Å². The lowest BCUT2D eigenvalue weighted by molar-refractivity contribution is 0.366. The highest BCUT2D eigenvalue weighted by atomic mass is 35.5. The molecule has 0 radical (unpaired) electrons. The van der Waals surface area contributed by atoms with Crippen LogP contribution in [0.15, 0.2) is 23.1 Å². The van der Waals surface area contributed by atoms with Crippen molar-refractivity contribution in [2.75, 3.05) is 11.9 Å². The summed E-state index contributed by atoms with van der Waals surface area (Å²) in [7, 11) is 1.88. The number of hydrogen-bond acceptors (Lipinski definition) is 5. The van der Waals surface area contributed by atoms with Crippen LogP contribution in [0.5, 0.6) is 0 Å². The first-order valence-corrected chi connectivity index (χ1v) is 8.39. The normalized spacial score (nSPS) is 12.0. The molecule has 3 aromatic rings. The van der Waals surface area contributed by atoms with Crippen LogP contribution in [-0.4, -0.2) is 26.8 Å². The third-order valence-electron chi connectivity index (χ3n) is 3.44. The van der Waals surface area contributed by atoms with Gasteiger partial charge < -0.3 is 4.90 Å². The Balaban J connectivity index is 2.02. The van der Waals surface area contributed by atoms with Crippen LogP contribution in [0.25, 0.3) is 11.0 Å². The monoisotopic (exact) mass is 351 g/mol. The summed E-state index contributed by atoms with van der Waals surface area (Å²) in [5.74, 6) is 0.512. The van der Waals surface area contributed by atoms with Crippen molar-refractivity contribution in [3.63, 3.8) is 0 Å². The molecular formula is C15H18ClN5OS. The number of thiophene rings is 1. The van der Waals surface area contributed by atoms with Crippen molar-refractivity contribution in [2.45, 2.75) is 32.9 Å². The number of aromatic amines is 1. The van der Waals surface area contributed by atoms with Gasteiger partial charge >= 0.3 is 0 Å². The predicted molar refractivity (Wildman–Crippen MR) is 94.6 cm³/mol. The molecule has 3 heterocycles. The minimum Gasteiger partial charge on any atom is -0.340 e. The molecule has 3 aromatic heterocycles. The maximum atomic E-state index is 12.3. The minimum absolute atomic E-state index is 0.184. The molecule has 0 saturated carbocycles. The second-order valence-corrected chi connectivity index (χ2v) is 8.22. The Kier molecular flexibility index (Phi) is 3.93. The maximum absolute atomic E-state index is 12.3. The highest BCUT2D eigenvalue weighted by Gasteiger charge is 2.20. The van der Waals surface area contributed by atoms with Crippen molar-refractivity contribution in [2.24, 2.45) is 0 Å². The van der Waals surface area contributed by atoms with Crippen LogP contribution in [0.4, 0.5) is 5.95 Å². The lowest BCUT2D eigenvalue weighted by Gasteiger charge is -2.21. The fourth-order valence-electron chi connectivity index (χ4n) is 2.32. The molecule has 0 saturated heterocycles. The van der Waals surface area contributed by atoms with Crippen molar-refractivity contribution in [3.8, 4) is 0 Å². The third kappa shape index (κ3) is 3.11. The molecule has 6 nitrogen and oxygen atoms in total. The molecule has 0 spiro atoms. The SMILES string of the molecule is CN(Cc1ccc(Cl)s1)c1nc2c(cnn2C(C)(C)C)c(=O)[nH]1. The Bertz CT molecular complexity index is 905. The predicted octanol–water partition coefficient (Wildman–Crippen LogP) is 3.23. The van der Waals surface area contributed by atoms with Gasteiger partial charge in [-0.05, 0) is 32.9 Å². The molecule has 0 aliphatic rings. The summed E-state index contributed by atoms with van der Waals surface area (Å²) in [4.78, 5) is 22.7. The van der Waals surface area contributed by atoms with Gasteiger partial charge in [-0.25, -0.2) is 4.68 Å². The van der Waals surface area contributed by atoms with Gasteiger partial charge in [0.2, 0.25) is 5.95 Å². The Labute approximate surface area is 142 Å². The van der Waals surface area contributed by atoms with E-state index in [1.807, 2.05) is 44.9 Å². The molecule has 0 bridgehead atoms. The van der Waals surface area contributed by atoms with Gasteiger partial charge in [-0.1, -0.05) is 11.6 Å². The number of nitrogens with one attached hydrogen (secondary N) is 1. The summed E-state index contributed by atoms with van der Waals surface area (Å²) in [6, 6.07) is 3.84. The first kappa shape index (κ1) is 16.0. The molecule has 8 heteroatoms. The van der Waals surface area contributed by atoms with Crippen LogP contribution < -0.4 is 10.5 Å². The fourth-order valence-corrected chi connectivity index (χ4v) is 3.47. The molecule has 3 rings (SSSR count). The van der Waals surface area contributed by atoms with Crippen molar-refractivity contribution in [1.29, 1.82) is 0 Å². The van der Waals surface area contributed by atoms with Crippen LogP contribution in [0.2, 0.25) is 4.34 Å². The van der Waals surface area contributed by atoms with Gasteiger partial charge in [-0.2, -0.15) is 10.1 Å². The Morgan fingerprint density at radius 3 is 2.74 bits per heavy atom. The van der Waals surface area contributed by atoms with Crippen LogP contribution in [0.1, 0.15) is 25.6 Å². The molecule has 0 aliphatic carbocycles. The highest BCUT2D eigenvalue weighted by Crippen LogP contribution is 2.24. The lowest BCUT2D eigenvalue weighted by Crippen LogP contribution is -2.26. The van der Waals surface area contributed by atoms with E-state index in [4.69, 9.17) is 11.6 Å². The first-order chi connectivity index (χ1) is 10.8. The number of rotatable bonds is 3. The van der Waals surface area contributed by atoms with Crippen LogP contribution in [-0.2, 0) is 12.1 Å². The second-order valence-electron chi connectivity index (χ2n) is 6.42. The lowest BCUT2D eigenvalue weighted by atomic mass is 10.1. The van der Waals surface area contributed by atoms with Crippen LogP contribution >= 0.6 is 22.9 Å². The zero-order valence-electron chi connectivity index (χ0n) is 13.4. The Morgan fingerprint density at radius 1 is 1.39 bits per heavy atom. The molecule has 0 amide bonds. The van der Waals surface area contributed by atoms with Crippen molar-refractivity contribution in [1.82, 2.24) is 19.7 Å². The summed E-state index contributed by atoms with van der Waals surface area (Å²) in [6.07, 6.45) is 1.56. The van der Waals surface area contributed by atoms with Crippen LogP contribution in [0, 0.1) is 0 Å². The van der Waals surface area contributed by atoms with Gasteiger partial charge in [0.05, 0.1) is 22.6 Å². The van der Waals surface area contributed by atoms with E-state index in [1.54, 1.807) is 10.9 Å². The van der Waals surface area contributed by atoms with Crippen molar-refractivity contribution < 1.29 is 0 Å². The van der Waals surface area contributed by atoms with Gasteiger partial charge in [-0.15, -0.1) is 11.3 Å². The smallest absolute Gasteiger partial charge is 0.263 e. The van der Waals surface area contributed by atoms with Gasteiger partial charge in [0.1, 0.15) is 5.39 Å². The summed E-state index contributed by atoms with van der Waals surface area (Å²) < 4.78 is 2.52. The molecular weight excluding hydrogens is 334 g/mol. The van der Waals surface area contributed by atoms with Gasteiger partial charge in [-0.3, -0.25) is 9.78 Å². The number of halogens is 1. The third-order valence-corrected chi connectivity index (χ3v) is 4.66. The fraction of sp³-hybridized carbons (Fsp3) is 0.400. The zero-order valence-corrected chi connectivity index (χ0v) is 15.0. The largest absolute Gasteiger partial charge is 0.340 e. The minimum atomic E-state index is -0.250. The maximum Gasteiger partial charge on any atom is 0.263 e. The quantitative estimate of drug-likeness (QED) is 0.786. The Hall–Kier alpha value is -1.86. The second kappa shape index (κ2) is 5.65. The summed E-state index contributed by atoms with van der Waals surface area (Å²) in [5, 5.41) is 4.81. The highest BCUT2D eigenvalue weighted by molar-refractivity contribution is 7.16. The molecule has 0 unspecified atom stereocenters. The van der Waals surface area contributed by atoms with Gasteiger partial charge in [0, 0.05) is 11.9 Å². The summed E-state index contributed by atoms with van der Waals surface area (Å²) in [5.41, 5.74) is 0.156. The number of H-pyrrole nitrogens is 1. The average Bonchev–Trinajstić information content (AvgIpc) is 3.04. The summed E-state index contributed by atoms with van der Waals surface area (Å²) >= 11 is 7.48. The average molecular weight is 352 g/mol. The molecule has 0 aromatic carbocycles. The number of anilines is 1. The summed E-state index contributed by atoms with van der Waals surface area (Å²) in [6.45, 7) is 6.70. The number of aromatic nitrogens is 4. The van der Waals surface area contributed by atoms with E-state index in [9.17, 15) is 4.79 Å². The molecule has 122 valence electrons. The standard InChI is InChI=1S/C15H18ClN5OS/c1-15(2,3)21-12-10(7-17-21)13(22)19-14(18-12)20(4)8-9-5-6-11(16)23-9/h5-7H,8H2,1-4H3,(H,18,19,22). The van der Waals surface area contributed by atoms with E-state index in [1.165, 1.54) is 11.3 Å². The van der Waals surface area contributed by atoms with Gasteiger partial charge in [0.15, 0.2) is 5.65 Å². The topological polar surface area (TPSA) is 66.8 Å². The van der Waals surface area contributed by atoms with Crippen LogP contribution in [0.3, 0.4) is 0 Å². The van der Waals surface area contributed by atoms with E-state index >= 15 is 0 Å². The van der Waals surface area contributed by atoms with E-state index in [2.05, 4.69) is 15.1 Å². The number of hydrogen-bond donors (Lipinski definition) is 1. The van der Waals surface area contributed by atoms with E-state index < -0.39 is 0 Å². The van der Waals surface area contributed by atoms with E-state index in [0.717, 1.165) is 9.21 Å². The molecule has 1 N–H and O–H groups in total. The Morgan fingerprint density at radius 2 is 2.13 bits per heavy atom. The number of nitrogens with zero attached hydrogens (tertiary/aromatic N) is 4. The van der Waals surface area contributed by atoms with E-state index in [0.29, 0.717) is 23.5 Å². The van der Waals surface area contributed by atoms with Gasteiger partial charge in [0.25, 0.3) is 5.56 Å². The molecule has 0 atom stereocenters. The van der Waals surface area contributed by atoms with E-state index in [-0.39, 0.29) is 11.1 Å². The number of fused-ring (bicyclic) bond motifs is 1.